The van der Waals surface area contributed by atoms with Crippen LogP contribution in [-0.2, 0) is 0 Å². The van der Waals surface area contributed by atoms with Gasteiger partial charge in [0.1, 0.15) is 5.75 Å². The van der Waals surface area contributed by atoms with Gasteiger partial charge in [0.15, 0.2) is 5.78 Å². The van der Waals surface area contributed by atoms with Crippen molar-refractivity contribution in [3.05, 3.63) is 29.3 Å². The van der Waals surface area contributed by atoms with Crippen LogP contribution in [0.1, 0.15) is 49.5 Å². The molecule has 88 valence electrons. The predicted molar refractivity (Wildman–Crippen MR) is 66.2 cm³/mol. The first-order valence-electron chi connectivity index (χ1n) is 5.82. The summed E-state index contributed by atoms with van der Waals surface area (Å²) in [5.74, 6) is 0.765. The molecule has 0 bridgehead atoms. The van der Waals surface area contributed by atoms with E-state index in [1.807, 2.05) is 32.0 Å². The van der Waals surface area contributed by atoms with Crippen LogP contribution >= 0.6 is 0 Å². The molecule has 1 aromatic rings. The van der Waals surface area contributed by atoms with E-state index < -0.39 is 0 Å². The summed E-state index contributed by atoms with van der Waals surface area (Å²) in [6.45, 7) is 7.71. The van der Waals surface area contributed by atoms with Crippen LogP contribution in [0.3, 0.4) is 0 Å². The second-order valence-electron chi connectivity index (χ2n) is 4.27. The van der Waals surface area contributed by atoms with Gasteiger partial charge in [0.05, 0.1) is 11.7 Å². The number of Topliss-reactive ketones (excluding diaryl/α,β-unsaturated/α-hetero) is 1. The summed E-state index contributed by atoms with van der Waals surface area (Å²) in [4.78, 5) is 11.5. The van der Waals surface area contributed by atoms with Crippen molar-refractivity contribution in [1.82, 2.24) is 0 Å². The monoisotopic (exact) mass is 220 g/mol. The smallest absolute Gasteiger partial charge is 0.163 e. The molecular weight excluding hydrogens is 200 g/mol. The third kappa shape index (κ3) is 3.37. The molecular formula is C14H20O2. The van der Waals surface area contributed by atoms with Crippen molar-refractivity contribution in [3.8, 4) is 5.75 Å². The molecule has 0 radical (unpaired) electrons. The van der Waals surface area contributed by atoms with Crippen molar-refractivity contribution in [2.45, 2.75) is 46.6 Å². The van der Waals surface area contributed by atoms with E-state index in [1.54, 1.807) is 6.92 Å². The Labute approximate surface area is 97.6 Å². The summed E-state index contributed by atoms with van der Waals surface area (Å²) in [5.41, 5.74) is 1.77. The van der Waals surface area contributed by atoms with E-state index in [0.29, 0.717) is 11.3 Å². The maximum atomic E-state index is 11.5. The van der Waals surface area contributed by atoms with Gasteiger partial charge in [0.2, 0.25) is 0 Å². The number of hydrogen-bond acceptors (Lipinski definition) is 2. The van der Waals surface area contributed by atoms with Gasteiger partial charge >= 0.3 is 0 Å². The third-order valence-electron chi connectivity index (χ3n) is 2.54. The molecule has 0 amide bonds. The number of hydrogen-bond donors (Lipinski definition) is 0. The van der Waals surface area contributed by atoms with Crippen LogP contribution in [0.5, 0.6) is 5.75 Å². The fourth-order valence-corrected chi connectivity index (χ4v) is 1.70. The Kier molecular flexibility index (Phi) is 4.53. The van der Waals surface area contributed by atoms with Crippen molar-refractivity contribution in [2.24, 2.45) is 0 Å². The van der Waals surface area contributed by atoms with Crippen molar-refractivity contribution in [2.75, 3.05) is 0 Å². The van der Waals surface area contributed by atoms with Gasteiger partial charge in [-0.15, -0.1) is 0 Å². The minimum atomic E-state index is 0.0578. The molecule has 0 saturated carbocycles. The van der Waals surface area contributed by atoms with Crippen LogP contribution in [-0.4, -0.2) is 11.9 Å². The molecule has 1 rings (SSSR count). The summed E-state index contributed by atoms with van der Waals surface area (Å²) in [7, 11) is 0. The van der Waals surface area contributed by atoms with E-state index in [9.17, 15) is 4.79 Å². The lowest BCUT2D eigenvalue weighted by atomic mass is 10.1. The number of aryl methyl sites for hydroxylation is 1. The Morgan fingerprint density at radius 2 is 2.12 bits per heavy atom. The van der Waals surface area contributed by atoms with Gasteiger partial charge in [-0.1, -0.05) is 25.0 Å². The Hall–Kier alpha value is -1.31. The zero-order valence-corrected chi connectivity index (χ0v) is 10.5. The van der Waals surface area contributed by atoms with Gasteiger partial charge < -0.3 is 4.74 Å². The average molecular weight is 220 g/mol. The molecule has 0 heterocycles. The molecule has 0 aliphatic heterocycles. The highest BCUT2D eigenvalue weighted by atomic mass is 16.5. The average Bonchev–Trinajstić information content (AvgIpc) is 2.20. The highest BCUT2D eigenvalue weighted by molar-refractivity contribution is 5.97. The summed E-state index contributed by atoms with van der Waals surface area (Å²) < 4.78 is 5.78. The molecule has 1 atom stereocenters. The second-order valence-corrected chi connectivity index (χ2v) is 4.27. The molecule has 16 heavy (non-hydrogen) atoms. The molecule has 0 N–H and O–H groups in total. The largest absolute Gasteiger partial charge is 0.490 e. The van der Waals surface area contributed by atoms with Crippen LogP contribution < -0.4 is 4.74 Å². The lowest BCUT2D eigenvalue weighted by Gasteiger charge is -2.16. The topological polar surface area (TPSA) is 26.3 Å². The number of carbonyl (C=O) groups is 1. The molecule has 2 nitrogen and oxygen atoms in total. The molecule has 0 spiro atoms. The number of carbonyl (C=O) groups excluding carboxylic acids is 1. The first-order valence-corrected chi connectivity index (χ1v) is 5.82. The SMILES string of the molecule is CCCC(C)Oc1ccc(C)cc1C(C)=O. The highest BCUT2D eigenvalue weighted by Gasteiger charge is 2.11. The van der Waals surface area contributed by atoms with Crippen molar-refractivity contribution < 1.29 is 9.53 Å². The van der Waals surface area contributed by atoms with Crippen LogP contribution in [0.4, 0.5) is 0 Å². The highest BCUT2D eigenvalue weighted by Crippen LogP contribution is 2.22. The summed E-state index contributed by atoms with van der Waals surface area (Å²) in [5, 5.41) is 0. The fraction of sp³-hybridized carbons (Fsp3) is 0.500. The van der Waals surface area contributed by atoms with Gasteiger partial charge in [0.25, 0.3) is 0 Å². The molecule has 0 aliphatic rings. The molecule has 0 saturated heterocycles. The summed E-state index contributed by atoms with van der Waals surface area (Å²) in [6, 6.07) is 5.75. The quantitative estimate of drug-likeness (QED) is 0.706. The minimum absolute atomic E-state index is 0.0578. The third-order valence-corrected chi connectivity index (χ3v) is 2.54. The molecule has 0 aliphatic carbocycles. The lowest BCUT2D eigenvalue weighted by Crippen LogP contribution is -2.13. The number of ketones is 1. The van der Waals surface area contributed by atoms with Crippen molar-refractivity contribution in [1.29, 1.82) is 0 Å². The molecule has 1 unspecified atom stereocenters. The van der Waals surface area contributed by atoms with Gasteiger partial charge in [-0.05, 0) is 39.3 Å². The van der Waals surface area contributed by atoms with E-state index in [4.69, 9.17) is 4.74 Å². The van der Waals surface area contributed by atoms with Gasteiger partial charge in [0, 0.05) is 0 Å². The first kappa shape index (κ1) is 12.8. The Balaban J connectivity index is 2.90. The van der Waals surface area contributed by atoms with E-state index >= 15 is 0 Å². The van der Waals surface area contributed by atoms with Gasteiger partial charge in [-0.2, -0.15) is 0 Å². The van der Waals surface area contributed by atoms with E-state index in [1.165, 1.54) is 0 Å². The fourth-order valence-electron chi connectivity index (χ4n) is 1.70. The molecule has 0 fully saturated rings. The van der Waals surface area contributed by atoms with Crippen LogP contribution in [0, 0.1) is 6.92 Å². The Bertz CT molecular complexity index is 369. The zero-order valence-electron chi connectivity index (χ0n) is 10.5. The standard InChI is InChI=1S/C14H20O2/c1-5-6-11(3)16-14-8-7-10(2)9-13(14)12(4)15/h7-9,11H,5-6H2,1-4H3. The Morgan fingerprint density at radius 3 is 2.69 bits per heavy atom. The number of ether oxygens (including phenoxy) is 1. The maximum Gasteiger partial charge on any atom is 0.163 e. The van der Waals surface area contributed by atoms with Crippen LogP contribution in [0.25, 0.3) is 0 Å². The normalized spacial score (nSPS) is 12.2. The second kappa shape index (κ2) is 5.69. The predicted octanol–water partition coefficient (Wildman–Crippen LogP) is 3.77. The van der Waals surface area contributed by atoms with E-state index in [0.717, 1.165) is 18.4 Å². The van der Waals surface area contributed by atoms with Crippen molar-refractivity contribution in [3.63, 3.8) is 0 Å². The van der Waals surface area contributed by atoms with Crippen LogP contribution in [0.15, 0.2) is 18.2 Å². The lowest BCUT2D eigenvalue weighted by molar-refractivity contribution is 0.101. The van der Waals surface area contributed by atoms with Crippen LogP contribution in [0.2, 0.25) is 0 Å². The van der Waals surface area contributed by atoms with Gasteiger partial charge in [-0.25, -0.2) is 0 Å². The van der Waals surface area contributed by atoms with Crippen molar-refractivity contribution >= 4 is 5.78 Å². The zero-order chi connectivity index (χ0) is 12.1. The maximum absolute atomic E-state index is 11.5. The first-order chi connectivity index (χ1) is 7.54. The van der Waals surface area contributed by atoms with E-state index in [-0.39, 0.29) is 11.9 Å². The number of rotatable bonds is 5. The molecule has 0 aromatic heterocycles. The number of benzene rings is 1. The molecule has 2 heteroatoms. The summed E-state index contributed by atoms with van der Waals surface area (Å²) in [6.07, 6.45) is 2.25. The van der Waals surface area contributed by atoms with E-state index in [2.05, 4.69) is 6.92 Å². The van der Waals surface area contributed by atoms with Gasteiger partial charge in [-0.3, -0.25) is 4.79 Å². The Morgan fingerprint density at radius 1 is 1.44 bits per heavy atom. The minimum Gasteiger partial charge on any atom is -0.490 e. The molecule has 1 aromatic carbocycles. The summed E-state index contributed by atoms with van der Waals surface area (Å²) >= 11 is 0.